The van der Waals surface area contributed by atoms with E-state index in [4.69, 9.17) is 38.9 Å². The molecule has 3 amide bonds. The minimum atomic E-state index is -1.96. The predicted molar refractivity (Wildman–Crippen MR) is 195 cm³/mol. The van der Waals surface area contributed by atoms with Crippen molar-refractivity contribution in [1.29, 1.82) is 0 Å². The van der Waals surface area contributed by atoms with Crippen LogP contribution in [0.15, 0.2) is 18.2 Å². The van der Waals surface area contributed by atoms with Gasteiger partial charge in [-0.3, -0.25) is 33.6 Å². The molecule has 20 nitrogen and oxygen atoms in total. The van der Waals surface area contributed by atoms with Crippen LogP contribution in [0.25, 0.3) is 0 Å². The van der Waals surface area contributed by atoms with Gasteiger partial charge in [0.15, 0.2) is 18.3 Å². The predicted octanol–water partition coefficient (Wildman–Crippen LogP) is -0.331. The summed E-state index contributed by atoms with van der Waals surface area (Å²) in [4.78, 5) is 95.5. The molecule has 0 saturated carbocycles. The zero-order valence-electron chi connectivity index (χ0n) is 32.2. The summed E-state index contributed by atoms with van der Waals surface area (Å²) in [6.45, 7) is 9.40. The van der Waals surface area contributed by atoms with Crippen molar-refractivity contribution in [3.63, 3.8) is 0 Å². The van der Waals surface area contributed by atoms with Gasteiger partial charge in [-0.15, -0.1) is 0 Å². The van der Waals surface area contributed by atoms with Crippen LogP contribution in [0.4, 0.5) is 10.5 Å². The van der Waals surface area contributed by atoms with Crippen LogP contribution in [0.3, 0.4) is 0 Å². The van der Waals surface area contributed by atoms with Crippen LogP contribution in [0.5, 0.6) is 5.75 Å². The van der Waals surface area contributed by atoms with Crippen molar-refractivity contribution in [3.8, 4) is 5.75 Å². The third kappa shape index (κ3) is 15.5. The normalized spacial score (nSPS) is 19.9. The van der Waals surface area contributed by atoms with E-state index in [-0.39, 0.29) is 68.5 Å². The molecule has 1 saturated heterocycles. The van der Waals surface area contributed by atoms with Gasteiger partial charge in [0.25, 0.3) is 19.4 Å². The van der Waals surface area contributed by atoms with Gasteiger partial charge in [-0.25, -0.2) is 4.79 Å². The summed E-state index contributed by atoms with van der Waals surface area (Å²) in [6.07, 6.45) is -7.69. The lowest BCUT2D eigenvalue weighted by atomic mass is 9.93. The molecule has 56 heavy (non-hydrogen) atoms. The number of nitrogens with two attached hydrogens (primary N) is 1. The number of carbonyl (C=O) groups excluding carboxylic acids is 7. The van der Waals surface area contributed by atoms with Crippen LogP contribution in [-0.4, -0.2) is 124 Å². The molecule has 1 aliphatic rings. The Kier molecular flexibility index (Phi) is 18.7. The maximum absolute atomic E-state index is 13.0. The lowest BCUT2D eigenvalue weighted by Gasteiger charge is -2.41. The van der Waals surface area contributed by atoms with Gasteiger partial charge in [-0.05, 0) is 71.6 Å². The first-order valence-corrected chi connectivity index (χ1v) is 17.7. The molecule has 6 N–H and O–H groups in total. The average molecular weight is 795 g/mol. The summed E-state index contributed by atoms with van der Waals surface area (Å²) in [7, 11) is 1.19. The highest BCUT2D eigenvalue weighted by Crippen LogP contribution is 2.33. The van der Waals surface area contributed by atoms with E-state index in [1.54, 1.807) is 13.8 Å². The fraction of sp³-hybridized carbons (Fsp3) is 0.600. The third-order valence-electron chi connectivity index (χ3n) is 8.08. The summed E-state index contributed by atoms with van der Waals surface area (Å²) in [6, 6.07) is 3.25. The fourth-order valence-corrected chi connectivity index (χ4v) is 5.09. The van der Waals surface area contributed by atoms with Crippen LogP contribution in [0, 0.1) is 5.41 Å². The van der Waals surface area contributed by atoms with E-state index < -0.39 is 65.8 Å². The molecule has 1 aromatic carbocycles. The summed E-state index contributed by atoms with van der Waals surface area (Å²) < 4.78 is 36.8. The minimum Gasteiger partial charge on any atom is -0.479 e. The van der Waals surface area contributed by atoms with Crippen LogP contribution in [-0.2, 0) is 68.6 Å². The summed E-state index contributed by atoms with van der Waals surface area (Å²) >= 11 is 0. The van der Waals surface area contributed by atoms with Gasteiger partial charge in [0, 0.05) is 19.5 Å². The lowest BCUT2D eigenvalue weighted by molar-refractivity contribution is -0.276. The van der Waals surface area contributed by atoms with Gasteiger partial charge in [0.05, 0.1) is 29.4 Å². The number of carbonyl (C=O) groups is 8. The average Bonchev–Trinajstić information content (AvgIpc) is 3.12. The highest BCUT2D eigenvalue weighted by atomic mass is 16.7. The molecule has 0 radical (unpaired) electrons. The van der Waals surface area contributed by atoms with E-state index in [1.165, 1.54) is 26.0 Å². The maximum atomic E-state index is 13.0. The van der Waals surface area contributed by atoms with Crippen molar-refractivity contribution in [2.75, 3.05) is 25.0 Å². The number of hydrogen-bond donors (Lipinski definition) is 5. The molecule has 1 fully saturated rings. The molecule has 2 rings (SSSR count). The first-order valence-electron chi connectivity index (χ1n) is 17.7. The van der Waals surface area contributed by atoms with Crippen molar-refractivity contribution in [3.05, 3.63) is 23.8 Å². The van der Waals surface area contributed by atoms with E-state index in [2.05, 4.69) is 16.0 Å². The number of unbranched alkanes of at least 4 members (excludes halogenated alkanes) is 1. The van der Waals surface area contributed by atoms with Gasteiger partial charge >= 0.3 is 5.97 Å². The second kappa shape index (κ2) is 22.3. The Morgan fingerprint density at radius 2 is 1.57 bits per heavy atom. The summed E-state index contributed by atoms with van der Waals surface area (Å²) in [5.41, 5.74) is 5.28. The van der Waals surface area contributed by atoms with Crippen LogP contribution < -0.4 is 26.4 Å². The zero-order chi connectivity index (χ0) is 42.1. The van der Waals surface area contributed by atoms with Crippen molar-refractivity contribution in [2.45, 2.75) is 109 Å². The quantitative estimate of drug-likeness (QED) is 0.0388. The summed E-state index contributed by atoms with van der Waals surface area (Å²) in [5, 5.41) is 17.8. The number of rotatable bonds is 24. The summed E-state index contributed by atoms with van der Waals surface area (Å²) in [5.74, 6) is -3.68. The van der Waals surface area contributed by atoms with E-state index in [9.17, 15) is 43.5 Å². The number of carboxylic acid groups (broad SMARTS) is 1. The van der Waals surface area contributed by atoms with Crippen molar-refractivity contribution in [2.24, 2.45) is 11.1 Å². The van der Waals surface area contributed by atoms with E-state index >= 15 is 0 Å². The number of aliphatic carboxylic acids is 1. The SMILES string of the molecule is BC(=O)OCc1ccc(O[C@@H]2O[C@H](C(=O)O)[C@@H](OC=O)[C@H](OC=O)[C@H]2OC=O)c(NC(=O)CCNC(=O)C(N)CCCCNC(=O)C(C)(C)COC(C)(C)C)c1. The Bertz CT molecular complexity index is 1540. The topological polar surface area (TPSA) is 284 Å². The first kappa shape index (κ1) is 46.9. The molecule has 0 aliphatic carbocycles. The molecule has 0 aromatic heterocycles. The van der Waals surface area contributed by atoms with Gasteiger partial charge in [-0.2, -0.15) is 0 Å². The minimum absolute atomic E-state index is 0.0423. The molecule has 1 aromatic rings. The molecule has 21 heteroatoms. The maximum Gasteiger partial charge on any atom is 0.337 e. The number of carboxylic acids is 1. The van der Waals surface area contributed by atoms with Gasteiger partial charge in [0.1, 0.15) is 12.4 Å². The second-order valence-corrected chi connectivity index (χ2v) is 14.3. The van der Waals surface area contributed by atoms with Crippen molar-refractivity contribution < 1.29 is 76.6 Å². The van der Waals surface area contributed by atoms with Gasteiger partial charge in [-0.1, -0.05) is 6.07 Å². The standard InChI is InChI=1S/C35H51BN4O16/c1-34(2,3)54-16-35(4,5)32(48)39-12-7-6-8-21(37)29(45)38-13-11-24(44)40-22-14-20(15-50-33(36)49)9-10-23(22)55-31-28(53-19-43)26(52-18-42)25(51-17-41)27(56-31)30(46)47/h9-10,14,17-19,21,25-28,31H,6-8,11-13,15-16,36-37H2,1-5H3,(H,38,45)(H,39,48)(H,40,44)(H,46,47)/t21?,25-,26-,27-,28+,31+/m0/s1. The molecule has 0 bridgehead atoms. The number of hydrogen-bond acceptors (Lipinski definition) is 16. The smallest absolute Gasteiger partial charge is 0.337 e. The highest BCUT2D eigenvalue weighted by molar-refractivity contribution is 6.55. The van der Waals surface area contributed by atoms with Crippen molar-refractivity contribution in [1.82, 2.24) is 10.6 Å². The van der Waals surface area contributed by atoms with Crippen molar-refractivity contribution >= 4 is 62.5 Å². The zero-order valence-corrected chi connectivity index (χ0v) is 32.2. The monoisotopic (exact) mass is 794 g/mol. The number of ether oxygens (including phenoxy) is 7. The fourth-order valence-electron chi connectivity index (χ4n) is 5.09. The molecule has 1 aliphatic heterocycles. The third-order valence-corrected chi connectivity index (χ3v) is 8.08. The number of nitrogens with one attached hydrogen (secondary N) is 3. The Balaban J connectivity index is 2.05. The van der Waals surface area contributed by atoms with Crippen LogP contribution in [0.1, 0.15) is 65.9 Å². The van der Waals surface area contributed by atoms with Gasteiger partial charge < -0.3 is 59.9 Å². The molecular formula is C35H51BN4O16. The van der Waals surface area contributed by atoms with E-state index in [0.717, 1.165) is 0 Å². The first-order chi connectivity index (χ1) is 26.3. The Morgan fingerprint density at radius 3 is 2.18 bits per heavy atom. The Labute approximate surface area is 324 Å². The molecule has 1 heterocycles. The molecule has 310 valence electrons. The second-order valence-electron chi connectivity index (χ2n) is 14.3. The van der Waals surface area contributed by atoms with Crippen LogP contribution >= 0.6 is 0 Å². The highest BCUT2D eigenvalue weighted by Gasteiger charge is 2.54. The number of benzene rings is 1. The van der Waals surface area contributed by atoms with Gasteiger partial charge in [0.2, 0.25) is 43.8 Å². The number of anilines is 1. The molecule has 1 unspecified atom stereocenters. The largest absolute Gasteiger partial charge is 0.479 e. The number of amides is 3. The van der Waals surface area contributed by atoms with E-state index in [1.807, 2.05) is 20.8 Å². The molecule has 6 atom stereocenters. The lowest BCUT2D eigenvalue weighted by Crippen LogP contribution is -2.63. The molecular weight excluding hydrogens is 743 g/mol. The Hall–Kier alpha value is -5.28. The molecule has 0 spiro atoms. The van der Waals surface area contributed by atoms with E-state index in [0.29, 0.717) is 31.4 Å². The van der Waals surface area contributed by atoms with Crippen LogP contribution in [0.2, 0.25) is 0 Å². The Morgan fingerprint density at radius 1 is 0.929 bits per heavy atom.